The lowest BCUT2D eigenvalue weighted by molar-refractivity contribution is -0.116. The third kappa shape index (κ3) is 3.50. The van der Waals surface area contributed by atoms with Gasteiger partial charge in [-0.1, -0.05) is 6.07 Å². The van der Waals surface area contributed by atoms with E-state index in [1.165, 1.54) is 14.2 Å². The maximum atomic E-state index is 13.7. The number of hydrogen-bond donors (Lipinski definition) is 1. The lowest BCUT2D eigenvalue weighted by atomic mass is 9.85. The van der Waals surface area contributed by atoms with Gasteiger partial charge >= 0.3 is 0 Å². The summed E-state index contributed by atoms with van der Waals surface area (Å²) < 4.78 is 17.7. The summed E-state index contributed by atoms with van der Waals surface area (Å²) in [6.07, 6.45) is 0.0161. The number of carbonyl (C=O) groups excluding carboxylic acids is 2. The zero-order chi connectivity index (χ0) is 22.1. The zero-order valence-corrected chi connectivity index (χ0v) is 17.8. The number of hydrogen-bond acceptors (Lipinski definition) is 6. The Kier molecular flexibility index (Phi) is 5.37. The van der Waals surface area contributed by atoms with Crippen LogP contribution in [0.4, 0.5) is 5.82 Å². The van der Waals surface area contributed by atoms with E-state index < -0.39 is 5.92 Å². The summed E-state index contributed by atoms with van der Waals surface area (Å²) in [4.78, 5) is 26.2. The van der Waals surface area contributed by atoms with Crippen molar-refractivity contribution in [3.63, 3.8) is 0 Å². The number of nitrogens with zero attached hydrogens (tertiary/aromatic N) is 2. The van der Waals surface area contributed by atoms with E-state index >= 15 is 0 Å². The molecule has 0 aliphatic carbocycles. The van der Waals surface area contributed by atoms with Crippen LogP contribution in [0, 0.1) is 6.92 Å². The second-order valence-electron chi connectivity index (χ2n) is 7.16. The maximum Gasteiger partial charge on any atom is 0.226 e. The number of methoxy groups -OCH3 is 3. The molecule has 160 valence electrons. The molecule has 0 unspecified atom stereocenters. The third-order valence-electron chi connectivity index (χ3n) is 5.41. The first-order valence-corrected chi connectivity index (χ1v) is 9.77. The third-order valence-corrected chi connectivity index (χ3v) is 5.41. The van der Waals surface area contributed by atoms with E-state index in [9.17, 15) is 9.59 Å². The van der Waals surface area contributed by atoms with Crippen LogP contribution >= 0.6 is 0 Å². The van der Waals surface area contributed by atoms with Crippen LogP contribution in [0.5, 0.6) is 17.2 Å². The van der Waals surface area contributed by atoms with Crippen LogP contribution in [-0.4, -0.2) is 42.8 Å². The Labute approximate surface area is 179 Å². The number of nitrogens with one attached hydrogen (secondary N) is 1. The van der Waals surface area contributed by atoms with Crippen LogP contribution in [0.3, 0.4) is 0 Å². The summed E-state index contributed by atoms with van der Waals surface area (Å²) in [5.41, 5.74) is 2.41. The average Bonchev–Trinajstić information content (AvgIpc) is 3.13. The van der Waals surface area contributed by atoms with Crippen LogP contribution in [0.15, 0.2) is 42.5 Å². The van der Waals surface area contributed by atoms with Crippen LogP contribution in [-0.2, 0) is 4.79 Å². The minimum absolute atomic E-state index is 0.0161. The fourth-order valence-electron chi connectivity index (χ4n) is 3.95. The molecule has 1 atom stereocenters. The molecule has 1 aliphatic rings. The van der Waals surface area contributed by atoms with Gasteiger partial charge in [0.25, 0.3) is 0 Å². The molecule has 4 rings (SSSR count). The first-order chi connectivity index (χ1) is 15.0. The molecule has 1 aliphatic heterocycles. The van der Waals surface area contributed by atoms with Gasteiger partial charge in [0, 0.05) is 12.0 Å². The standard InChI is InChI=1S/C23H23N3O5/c1-13-20-16(22(28)21-17(30-3)6-5-7-18(21)31-4)12-19(27)24-23(20)26(25-13)14-8-10-15(29-2)11-9-14/h5-11,16H,12H2,1-4H3,(H,24,27)/t16-/m0/s1. The highest BCUT2D eigenvalue weighted by Crippen LogP contribution is 2.41. The number of aryl methyl sites for hydroxylation is 1. The van der Waals surface area contributed by atoms with E-state index in [1.54, 1.807) is 30.0 Å². The summed E-state index contributed by atoms with van der Waals surface area (Å²) in [6.45, 7) is 1.83. The van der Waals surface area contributed by atoms with E-state index in [-0.39, 0.29) is 18.1 Å². The van der Waals surface area contributed by atoms with E-state index in [0.29, 0.717) is 39.9 Å². The molecule has 1 N–H and O–H groups in total. The molecule has 0 saturated carbocycles. The van der Waals surface area contributed by atoms with Crippen molar-refractivity contribution in [1.29, 1.82) is 0 Å². The molecule has 8 heteroatoms. The Morgan fingerprint density at radius 2 is 1.68 bits per heavy atom. The Balaban J connectivity index is 1.83. The average molecular weight is 421 g/mol. The van der Waals surface area contributed by atoms with Crippen molar-refractivity contribution in [2.45, 2.75) is 19.3 Å². The monoisotopic (exact) mass is 421 g/mol. The van der Waals surface area contributed by atoms with Crippen molar-refractivity contribution in [3.8, 4) is 22.9 Å². The molecule has 0 fully saturated rings. The predicted molar refractivity (Wildman–Crippen MR) is 115 cm³/mol. The summed E-state index contributed by atoms with van der Waals surface area (Å²) in [6, 6.07) is 12.5. The Morgan fingerprint density at radius 1 is 1.03 bits per heavy atom. The van der Waals surface area contributed by atoms with Crippen LogP contribution in [0.25, 0.3) is 5.69 Å². The number of anilines is 1. The fourth-order valence-corrected chi connectivity index (χ4v) is 3.95. The summed E-state index contributed by atoms with van der Waals surface area (Å²) >= 11 is 0. The Morgan fingerprint density at radius 3 is 2.26 bits per heavy atom. The van der Waals surface area contributed by atoms with Gasteiger partial charge in [-0.2, -0.15) is 5.10 Å². The Bertz CT molecular complexity index is 1130. The molecular formula is C23H23N3O5. The lowest BCUT2D eigenvalue weighted by Crippen LogP contribution is -2.29. The number of fused-ring (bicyclic) bond motifs is 1. The van der Waals surface area contributed by atoms with Crippen molar-refractivity contribution in [1.82, 2.24) is 9.78 Å². The number of ether oxygens (including phenoxy) is 3. The molecule has 31 heavy (non-hydrogen) atoms. The number of aromatic nitrogens is 2. The minimum atomic E-state index is -0.707. The van der Waals surface area contributed by atoms with E-state index in [0.717, 1.165) is 5.69 Å². The molecule has 2 heterocycles. The van der Waals surface area contributed by atoms with Gasteiger partial charge in [0.2, 0.25) is 5.91 Å². The molecule has 0 saturated heterocycles. The highest BCUT2D eigenvalue weighted by molar-refractivity contribution is 6.10. The largest absolute Gasteiger partial charge is 0.497 e. The molecule has 8 nitrogen and oxygen atoms in total. The first kappa shape index (κ1) is 20.5. The van der Waals surface area contributed by atoms with Gasteiger partial charge in [0.15, 0.2) is 5.78 Å². The van der Waals surface area contributed by atoms with Gasteiger partial charge in [0.05, 0.1) is 38.6 Å². The number of rotatable bonds is 6. The Hall–Kier alpha value is -3.81. The first-order valence-electron chi connectivity index (χ1n) is 9.77. The molecule has 2 aromatic carbocycles. The molecule has 1 aromatic heterocycles. The summed E-state index contributed by atoms with van der Waals surface area (Å²) in [5.74, 6) is 0.792. The highest BCUT2D eigenvalue weighted by atomic mass is 16.5. The lowest BCUT2D eigenvalue weighted by Gasteiger charge is -2.24. The van der Waals surface area contributed by atoms with Crippen LogP contribution in [0.2, 0.25) is 0 Å². The molecular weight excluding hydrogens is 398 g/mol. The van der Waals surface area contributed by atoms with Crippen molar-refractivity contribution in [3.05, 3.63) is 59.3 Å². The number of carbonyl (C=O) groups is 2. The number of amides is 1. The summed E-state index contributed by atoms with van der Waals surface area (Å²) in [5, 5.41) is 7.50. The van der Waals surface area contributed by atoms with Gasteiger partial charge in [0.1, 0.15) is 28.6 Å². The van der Waals surface area contributed by atoms with E-state index in [1.807, 2.05) is 31.2 Å². The highest BCUT2D eigenvalue weighted by Gasteiger charge is 2.38. The van der Waals surface area contributed by atoms with Crippen molar-refractivity contribution in [2.75, 3.05) is 26.6 Å². The van der Waals surface area contributed by atoms with Crippen LogP contribution < -0.4 is 19.5 Å². The van der Waals surface area contributed by atoms with Crippen molar-refractivity contribution >= 4 is 17.5 Å². The van der Waals surface area contributed by atoms with Gasteiger partial charge < -0.3 is 19.5 Å². The molecule has 0 spiro atoms. The number of benzene rings is 2. The maximum absolute atomic E-state index is 13.7. The van der Waals surface area contributed by atoms with Gasteiger partial charge in [-0.25, -0.2) is 4.68 Å². The van der Waals surface area contributed by atoms with Gasteiger partial charge in [-0.15, -0.1) is 0 Å². The minimum Gasteiger partial charge on any atom is -0.497 e. The fraction of sp³-hybridized carbons (Fsp3) is 0.261. The predicted octanol–water partition coefficient (Wildman–Crippen LogP) is 3.52. The number of Topliss-reactive ketones (excluding diaryl/α,β-unsaturated/α-hetero) is 1. The van der Waals surface area contributed by atoms with Gasteiger partial charge in [-0.3, -0.25) is 9.59 Å². The summed E-state index contributed by atoms with van der Waals surface area (Å²) in [7, 11) is 4.59. The molecule has 0 bridgehead atoms. The smallest absolute Gasteiger partial charge is 0.226 e. The van der Waals surface area contributed by atoms with E-state index in [2.05, 4.69) is 10.4 Å². The van der Waals surface area contributed by atoms with E-state index in [4.69, 9.17) is 14.2 Å². The second kappa shape index (κ2) is 8.14. The van der Waals surface area contributed by atoms with Crippen molar-refractivity contribution in [2.24, 2.45) is 0 Å². The quantitative estimate of drug-likeness (QED) is 0.613. The second-order valence-corrected chi connectivity index (χ2v) is 7.16. The van der Waals surface area contributed by atoms with Crippen molar-refractivity contribution < 1.29 is 23.8 Å². The molecule has 0 radical (unpaired) electrons. The van der Waals surface area contributed by atoms with Crippen LogP contribution in [0.1, 0.15) is 34.0 Å². The number of ketones is 1. The molecule has 1 amide bonds. The normalized spacial score (nSPS) is 15.1. The van der Waals surface area contributed by atoms with Gasteiger partial charge in [-0.05, 0) is 43.3 Å². The molecule has 3 aromatic rings. The zero-order valence-electron chi connectivity index (χ0n) is 17.8. The SMILES string of the molecule is COc1ccc(-n2nc(C)c3c2NC(=O)C[C@@H]3C(=O)c2c(OC)cccc2OC)cc1. The topological polar surface area (TPSA) is 91.7 Å².